The van der Waals surface area contributed by atoms with Gasteiger partial charge in [0.25, 0.3) is 5.91 Å². The van der Waals surface area contributed by atoms with Crippen molar-refractivity contribution < 1.29 is 9.53 Å². The average Bonchev–Trinajstić information content (AvgIpc) is 3.23. The predicted octanol–water partition coefficient (Wildman–Crippen LogP) is 2.33. The fourth-order valence-corrected chi connectivity index (χ4v) is 3.06. The topological polar surface area (TPSA) is 55.6 Å². The van der Waals surface area contributed by atoms with Crippen LogP contribution in [0.15, 0.2) is 30.3 Å². The molecule has 112 valence electrons. The van der Waals surface area contributed by atoms with Gasteiger partial charge in [-0.15, -0.1) is 0 Å². The maximum absolute atomic E-state index is 11.9. The third-order valence-corrected chi connectivity index (χ3v) is 4.37. The molecule has 0 bridgehead atoms. The molecule has 1 aliphatic heterocycles. The number of ether oxygens (including phenoxy) is 1. The van der Waals surface area contributed by atoms with Crippen molar-refractivity contribution in [3.8, 4) is 0 Å². The quantitative estimate of drug-likeness (QED) is 0.817. The highest BCUT2D eigenvalue weighted by Gasteiger charge is 2.63. The number of rotatable bonds is 6. The van der Waals surface area contributed by atoms with Gasteiger partial charge in [-0.2, -0.15) is 0 Å². The highest BCUT2D eigenvalue weighted by atomic mass is 16.5. The fourth-order valence-electron chi connectivity index (χ4n) is 3.06. The molecule has 1 aromatic rings. The SMILES string of the molecule is CCCCOC1(C(N)=O)CC1N1CC=Cc2ccccc21. The van der Waals surface area contributed by atoms with E-state index in [1.54, 1.807) is 0 Å². The summed E-state index contributed by atoms with van der Waals surface area (Å²) in [5, 5.41) is 0. The van der Waals surface area contributed by atoms with Crippen LogP contribution in [0.2, 0.25) is 0 Å². The van der Waals surface area contributed by atoms with Crippen LogP contribution in [-0.2, 0) is 9.53 Å². The van der Waals surface area contributed by atoms with Crippen LogP contribution in [0.25, 0.3) is 6.08 Å². The summed E-state index contributed by atoms with van der Waals surface area (Å²) in [6.45, 7) is 3.51. The summed E-state index contributed by atoms with van der Waals surface area (Å²) < 4.78 is 5.88. The van der Waals surface area contributed by atoms with Crippen LogP contribution in [0.4, 0.5) is 5.69 Å². The van der Waals surface area contributed by atoms with Gasteiger partial charge in [0.15, 0.2) is 5.60 Å². The van der Waals surface area contributed by atoms with Crippen LogP contribution in [0.1, 0.15) is 31.7 Å². The molecule has 0 spiro atoms. The standard InChI is InChI=1S/C17H22N2O2/c1-2-3-11-21-17(16(18)20)12-15(17)19-10-6-8-13-7-4-5-9-14(13)19/h4-9,15H,2-3,10-12H2,1H3,(H2,18,20). The molecule has 2 unspecified atom stereocenters. The third-order valence-electron chi connectivity index (χ3n) is 4.37. The van der Waals surface area contributed by atoms with Crippen molar-refractivity contribution in [1.29, 1.82) is 0 Å². The van der Waals surface area contributed by atoms with Crippen molar-refractivity contribution in [2.75, 3.05) is 18.1 Å². The molecule has 4 nitrogen and oxygen atoms in total. The lowest BCUT2D eigenvalue weighted by Crippen LogP contribution is -2.43. The summed E-state index contributed by atoms with van der Waals surface area (Å²) in [4.78, 5) is 14.1. The van der Waals surface area contributed by atoms with Crippen molar-refractivity contribution in [3.05, 3.63) is 35.9 Å². The number of para-hydroxylation sites is 1. The van der Waals surface area contributed by atoms with Crippen molar-refractivity contribution in [2.45, 2.75) is 37.8 Å². The number of hydrogen-bond donors (Lipinski definition) is 1. The Labute approximate surface area is 125 Å². The summed E-state index contributed by atoms with van der Waals surface area (Å²) in [6, 6.07) is 8.28. The van der Waals surface area contributed by atoms with Crippen LogP contribution in [0.3, 0.4) is 0 Å². The molecule has 3 rings (SSSR count). The first-order valence-corrected chi connectivity index (χ1v) is 7.65. The van der Waals surface area contributed by atoms with Gasteiger partial charge >= 0.3 is 0 Å². The highest BCUT2D eigenvalue weighted by molar-refractivity contribution is 5.90. The minimum absolute atomic E-state index is 0.0537. The zero-order valence-corrected chi connectivity index (χ0v) is 12.4. The minimum Gasteiger partial charge on any atom is -0.367 e. The molecule has 0 radical (unpaired) electrons. The molecule has 1 heterocycles. The normalized spacial score (nSPS) is 26.5. The Kier molecular flexibility index (Phi) is 3.72. The second-order valence-electron chi connectivity index (χ2n) is 5.79. The van der Waals surface area contributed by atoms with Crippen LogP contribution in [0.5, 0.6) is 0 Å². The zero-order valence-electron chi connectivity index (χ0n) is 12.4. The Bertz CT molecular complexity index is 570. The van der Waals surface area contributed by atoms with Gasteiger partial charge in [-0.05, 0) is 18.1 Å². The summed E-state index contributed by atoms with van der Waals surface area (Å²) >= 11 is 0. The van der Waals surface area contributed by atoms with E-state index >= 15 is 0 Å². The van der Waals surface area contributed by atoms with E-state index in [-0.39, 0.29) is 11.9 Å². The maximum atomic E-state index is 11.9. The van der Waals surface area contributed by atoms with Gasteiger partial charge in [-0.1, -0.05) is 43.7 Å². The van der Waals surface area contributed by atoms with E-state index in [4.69, 9.17) is 10.5 Å². The van der Waals surface area contributed by atoms with Gasteiger partial charge in [0.1, 0.15) is 0 Å². The lowest BCUT2D eigenvalue weighted by atomic mass is 10.1. The monoisotopic (exact) mass is 286 g/mol. The molecule has 21 heavy (non-hydrogen) atoms. The highest BCUT2D eigenvalue weighted by Crippen LogP contribution is 2.47. The molecule has 0 aromatic heterocycles. The number of anilines is 1. The van der Waals surface area contributed by atoms with Crippen LogP contribution < -0.4 is 10.6 Å². The zero-order chi connectivity index (χ0) is 14.9. The van der Waals surface area contributed by atoms with Gasteiger partial charge in [0.05, 0.1) is 6.04 Å². The Morgan fingerprint density at radius 2 is 2.29 bits per heavy atom. The maximum Gasteiger partial charge on any atom is 0.251 e. The largest absolute Gasteiger partial charge is 0.367 e. The number of primary amides is 1. The summed E-state index contributed by atoms with van der Waals surface area (Å²) in [5.41, 5.74) is 7.17. The number of carbonyl (C=O) groups is 1. The average molecular weight is 286 g/mol. The van der Waals surface area contributed by atoms with Crippen molar-refractivity contribution in [3.63, 3.8) is 0 Å². The predicted molar refractivity (Wildman–Crippen MR) is 84.0 cm³/mol. The smallest absolute Gasteiger partial charge is 0.251 e. The van der Waals surface area contributed by atoms with E-state index in [0.29, 0.717) is 13.0 Å². The molecule has 2 aliphatic rings. The summed E-state index contributed by atoms with van der Waals surface area (Å²) in [7, 11) is 0. The number of benzene rings is 1. The molecule has 1 aromatic carbocycles. The summed E-state index contributed by atoms with van der Waals surface area (Å²) in [6.07, 6.45) is 6.94. The van der Waals surface area contributed by atoms with Gasteiger partial charge in [-0.3, -0.25) is 4.79 Å². The molecule has 2 atom stereocenters. The number of nitrogens with two attached hydrogens (primary N) is 1. The van der Waals surface area contributed by atoms with Crippen molar-refractivity contribution in [2.24, 2.45) is 5.73 Å². The number of carbonyl (C=O) groups excluding carboxylic acids is 1. The van der Waals surface area contributed by atoms with Gasteiger partial charge in [-0.25, -0.2) is 0 Å². The van der Waals surface area contributed by atoms with E-state index < -0.39 is 5.60 Å². The van der Waals surface area contributed by atoms with Gasteiger partial charge < -0.3 is 15.4 Å². The Hall–Kier alpha value is -1.81. The van der Waals surface area contributed by atoms with E-state index in [2.05, 4.69) is 36.1 Å². The second-order valence-corrected chi connectivity index (χ2v) is 5.79. The molecule has 1 amide bonds. The van der Waals surface area contributed by atoms with Crippen LogP contribution >= 0.6 is 0 Å². The molecule has 1 fully saturated rings. The minimum atomic E-state index is -0.798. The van der Waals surface area contributed by atoms with Crippen LogP contribution in [-0.4, -0.2) is 30.7 Å². The molecular weight excluding hydrogens is 264 g/mol. The first kappa shape index (κ1) is 14.1. The molecular formula is C17H22N2O2. The molecule has 2 N–H and O–H groups in total. The molecule has 4 heteroatoms. The number of amides is 1. The van der Waals surface area contributed by atoms with E-state index in [1.165, 1.54) is 5.56 Å². The van der Waals surface area contributed by atoms with Gasteiger partial charge in [0, 0.05) is 25.3 Å². The lowest BCUT2D eigenvalue weighted by molar-refractivity contribution is -0.132. The number of unbranched alkanes of at least 4 members (excludes halogenated alkanes) is 1. The van der Waals surface area contributed by atoms with Crippen molar-refractivity contribution >= 4 is 17.7 Å². The molecule has 1 saturated carbocycles. The van der Waals surface area contributed by atoms with E-state index in [0.717, 1.165) is 25.1 Å². The fraction of sp³-hybridized carbons (Fsp3) is 0.471. The van der Waals surface area contributed by atoms with Crippen LogP contribution in [0, 0.1) is 0 Å². The first-order chi connectivity index (χ1) is 10.2. The molecule has 1 aliphatic carbocycles. The number of fused-ring (bicyclic) bond motifs is 1. The van der Waals surface area contributed by atoms with E-state index in [1.807, 2.05) is 12.1 Å². The number of nitrogens with zero attached hydrogens (tertiary/aromatic N) is 1. The Morgan fingerprint density at radius 3 is 3.05 bits per heavy atom. The number of hydrogen-bond acceptors (Lipinski definition) is 3. The second kappa shape index (κ2) is 5.53. The first-order valence-electron chi connectivity index (χ1n) is 7.65. The Morgan fingerprint density at radius 1 is 1.48 bits per heavy atom. The lowest BCUT2D eigenvalue weighted by Gasteiger charge is -2.30. The Balaban J connectivity index is 1.79. The van der Waals surface area contributed by atoms with E-state index in [9.17, 15) is 4.79 Å². The third kappa shape index (κ3) is 2.44. The van der Waals surface area contributed by atoms with Gasteiger partial charge in [0.2, 0.25) is 0 Å². The molecule has 0 saturated heterocycles. The summed E-state index contributed by atoms with van der Waals surface area (Å²) in [5.74, 6) is -0.337. The van der Waals surface area contributed by atoms with Crippen molar-refractivity contribution in [1.82, 2.24) is 0 Å².